The number of anilines is 1. The zero-order chi connectivity index (χ0) is 24.5. The molecule has 2 amide bonds. The minimum atomic E-state index is -0.296. The molecule has 0 radical (unpaired) electrons. The summed E-state index contributed by atoms with van der Waals surface area (Å²) in [6.07, 6.45) is 0. The van der Waals surface area contributed by atoms with E-state index in [0.29, 0.717) is 49.2 Å². The standard InChI is InChI=1S/C27H23N5O3S/c33-25(29-27-28-21-6-2-4-8-23(21)36-27)24-20-5-1-3-7-22(20)32(30-24)17-18-9-11-19(12-10-18)26(34)31-13-15-35-16-14-31/h1-12H,13-17H2,(H,28,29,33). The topological polar surface area (TPSA) is 89.3 Å². The van der Waals surface area contributed by atoms with Crippen molar-refractivity contribution >= 4 is 49.4 Å². The molecule has 0 bridgehead atoms. The lowest BCUT2D eigenvalue weighted by Crippen LogP contribution is -2.40. The fourth-order valence-corrected chi connectivity index (χ4v) is 5.23. The Morgan fingerprint density at radius 2 is 1.69 bits per heavy atom. The van der Waals surface area contributed by atoms with Gasteiger partial charge in [-0.15, -0.1) is 0 Å². The summed E-state index contributed by atoms with van der Waals surface area (Å²) in [4.78, 5) is 32.2. The number of carbonyl (C=O) groups is 2. The van der Waals surface area contributed by atoms with Gasteiger partial charge in [0.2, 0.25) is 0 Å². The highest BCUT2D eigenvalue weighted by Gasteiger charge is 2.20. The molecule has 1 N–H and O–H groups in total. The highest BCUT2D eigenvalue weighted by molar-refractivity contribution is 7.22. The zero-order valence-corrected chi connectivity index (χ0v) is 20.2. The third-order valence-electron chi connectivity index (χ3n) is 6.22. The van der Waals surface area contributed by atoms with E-state index in [0.717, 1.165) is 26.7 Å². The van der Waals surface area contributed by atoms with E-state index in [9.17, 15) is 9.59 Å². The van der Waals surface area contributed by atoms with Gasteiger partial charge in [0.25, 0.3) is 11.8 Å². The fourth-order valence-electron chi connectivity index (χ4n) is 4.37. The van der Waals surface area contributed by atoms with E-state index >= 15 is 0 Å². The maximum absolute atomic E-state index is 13.2. The minimum absolute atomic E-state index is 0.0168. The maximum Gasteiger partial charge on any atom is 0.278 e. The predicted molar refractivity (Wildman–Crippen MR) is 140 cm³/mol. The average molecular weight is 498 g/mol. The van der Waals surface area contributed by atoms with Crippen LogP contribution in [0, 0.1) is 0 Å². The summed E-state index contributed by atoms with van der Waals surface area (Å²) < 4.78 is 8.17. The van der Waals surface area contributed by atoms with Crippen molar-refractivity contribution in [2.24, 2.45) is 0 Å². The van der Waals surface area contributed by atoms with Crippen LogP contribution < -0.4 is 5.32 Å². The van der Waals surface area contributed by atoms with Gasteiger partial charge in [-0.25, -0.2) is 4.98 Å². The van der Waals surface area contributed by atoms with Crippen LogP contribution in [0.25, 0.3) is 21.1 Å². The Kier molecular flexibility index (Phi) is 5.92. The number of amides is 2. The number of hydrogen-bond donors (Lipinski definition) is 1. The quantitative estimate of drug-likeness (QED) is 0.388. The van der Waals surface area contributed by atoms with Crippen LogP contribution in [-0.2, 0) is 11.3 Å². The molecule has 3 heterocycles. The number of thiazole rings is 1. The Labute approximate surface area is 211 Å². The summed E-state index contributed by atoms with van der Waals surface area (Å²) in [5, 5.41) is 8.88. The van der Waals surface area contributed by atoms with Gasteiger partial charge in [0, 0.05) is 24.0 Å². The smallest absolute Gasteiger partial charge is 0.278 e. The monoisotopic (exact) mass is 497 g/mol. The second-order valence-corrected chi connectivity index (χ2v) is 9.60. The van der Waals surface area contributed by atoms with Gasteiger partial charge < -0.3 is 9.64 Å². The van der Waals surface area contributed by atoms with Crippen molar-refractivity contribution in [1.82, 2.24) is 19.7 Å². The summed E-state index contributed by atoms with van der Waals surface area (Å²) in [7, 11) is 0. The maximum atomic E-state index is 13.2. The SMILES string of the molecule is O=C(Nc1nc2ccccc2s1)c1nn(Cc2ccc(C(=O)N3CCOCC3)cc2)c2ccccc12. The fraction of sp³-hybridized carbons (Fsp3) is 0.185. The van der Waals surface area contributed by atoms with Gasteiger partial charge >= 0.3 is 0 Å². The van der Waals surface area contributed by atoms with Crippen LogP contribution in [0.15, 0.2) is 72.8 Å². The van der Waals surface area contributed by atoms with E-state index in [-0.39, 0.29) is 11.8 Å². The number of rotatable bonds is 5. The number of para-hydroxylation sites is 2. The lowest BCUT2D eigenvalue weighted by atomic mass is 10.1. The van der Waals surface area contributed by atoms with Gasteiger partial charge in [0.1, 0.15) is 0 Å². The molecule has 5 aromatic rings. The molecule has 6 rings (SSSR count). The van der Waals surface area contributed by atoms with Crippen molar-refractivity contribution in [3.05, 3.63) is 89.6 Å². The molecule has 9 heteroatoms. The molecule has 2 aromatic heterocycles. The highest BCUT2D eigenvalue weighted by atomic mass is 32.1. The van der Waals surface area contributed by atoms with Crippen LogP contribution in [0.3, 0.4) is 0 Å². The number of hydrogen-bond acceptors (Lipinski definition) is 6. The summed E-state index contributed by atoms with van der Waals surface area (Å²) in [6, 6.07) is 23.0. The summed E-state index contributed by atoms with van der Waals surface area (Å²) >= 11 is 1.43. The third kappa shape index (κ3) is 4.34. The van der Waals surface area contributed by atoms with Crippen LogP contribution in [0.5, 0.6) is 0 Å². The Morgan fingerprint density at radius 3 is 2.50 bits per heavy atom. The normalized spacial score (nSPS) is 13.8. The lowest BCUT2D eigenvalue weighted by molar-refractivity contribution is 0.0303. The van der Waals surface area contributed by atoms with Gasteiger partial charge in [0.15, 0.2) is 10.8 Å². The zero-order valence-electron chi connectivity index (χ0n) is 19.4. The van der Waals surface area contributed by atoms with Gasteiger partial charge in [-0.05, 0) is 35.9 Å². The molecule has 1 saturated heterocycles. The number of benzene rings is 3. The molecular weight excluding hydrogens is 474 g/mol. The van der Waals surface area contributed by atoms with Crippen LogP contribution in [0.4, 0.5) is 5.13 Å². The average Bonchev–Trinajstić information content (AvgIpc) is 3.50. The Morgan fingerprint density at radius 1 is 0.944 bits per heavy atom. The van der Waals surface area contributed by atoms with Crippen LogP contribution in [0.2, 0.25) is 0 Å². The molecule has 1 aliphatic heterocycles. The number of ether oxygens (including phenoxy) is 1. The number of nitrogens with one attached hydrogen (secondary N) is 1. The van der Waals surface area contributed by atoms with E-state index in [1.807, 2.05) is 82.4 Å². The molecule has 180 valence electrons. The summed E-state index contributed by atoms with van der Waals surface area (Å²) in [5.74, 6) is -0.279. The van der Waals surface area contributed by atoms with Gasteiger partial charge in [-0.3, -0.25) is 19.6 Å². The van der Waals surface area contributed by atoms with E-state index in [1.165, 1.54) is 11.3 Å². The molecule has 3 aromatic carbocycles. The molecule has 8 nitrogen and oxygen atoms in total. The van der Waals surface area contributed by atoms with E-state index < -0.39 is 0 Å². The second kappa shape index (κ2) is 9.52. The summed E-state index contributed by atoms with van der Waals surface area (Å²) in [6.45, 7) is 2.85. The van der Waals surface area contributed by atoms with E-state index in [1.54, 1.807) is 0 Å². The number of nitrogens with zero attached hydrogens (tertiary/aromatic N) is 4. The number of carbonyl (C=O) groups excluding carboxylic acids is 2. The number of morpholine rings is 1. The number of fused-ring (bicyclic) bond motifs is 2. The second-order valence-electron chi connectivity index (χ2n) is 8.57. The molecule has 0 spiro atoms. The predicted octanol–water partition coefficient (Wildman–Crippen LogP) is 4.42. The van der Waals surface area contributed by atoms with E-state index in [4.69, 9.17) is 4.74 Å². The van der Waals surface area contributed by atoms with Crippen LogP contribution in [-0.4, -0.2) is 57.8 Å². The molecule has 0 atom stereocenters. The van der Waals surface area contributed by atoms with Crippen molar-refractivity contribution in [3.8, 4) is 0 Å². The molecule has 36 heavy (non-hydrogen) atoms. The third-order valence-corrected chi connectivity index (χ3v) is 7.17. The molecule has 0 aliphatic carbocycles. The lowest BCUT2D eigenvalue weighted by Gasteiger charge is -2.26. The first-order valence-electron chi connectivity index (χ1n) is 11.7. The molecule has 0 unspecified atom stereocenters. The molecule has 1 fully saturated rings. The van der Waals surface area contributed by atoms with Gasteiger partial charge in [0.05, 0.1) is 35.5 Å². The molecule has 1 aliphatic rings. The van der Waals surface area contributed by atoms with Crippen molar-refractivity contribution in [2.75, 3.05) is 31.6 Å². The first kappa shape index (κ1) is 22.4. The van der Waals surface area contributed by atoms with Crippen LogP contribution in [0.1, 0.15) is 26.4 Å². The summed E-state index contributed by atoms with van der Waals surface area (Å²) in [5.41, 5.74) is 3.70. The van der Waals surface area contributed by atoms with Gasteiger partial charge in [-0.2, -0.15) is 5.10 Å². The minimum Gasteiger partial charge on any atom is -0.378 e. The van der Waals surface area contributed by atoms with E-state index in [2.05, 4.69) is 15.4 Å². The van der Waals surface area contributed by atoms with Crippen LogP contribution >= 0.6 is 11.3 Å². The highest BCUT2D eigenvalue weighted by Crippen LogP contribution is 2.27. The molecular formula is C27H23N5O3S. The first-order chi connectivity index (χ1) is 17.7. The van der Waals surface area contributed by atoms with Crippen molar-refractivity contribution < 1.29 is 14.3 Å². The Bertz CT molecular complexity index is 1530. The first-order valence-corrected chi connectivity index (χ1v) is 12.6. The van der Waals surface area contributed by atoms with Crippen molar-refractivity contribution in [1.29, 1.82) is 0 Å². The van der Waals surface area contributed by atoms with Gasteiger partial charge in [-0.1, -0.05) is 53.8 Å². The number of aromatic nitrogens is 3. The van der Waals surface area contributed by atoms with Crippen molar-refractivity contribution in [3.63, 3.8) is 0 Å². The Balaban J connectivity index is 1.23. The Hall–Kier alpha value is -4.08. The van der Waals surface area contributed by atoms with Crippen molar-refractivity contribution in [2.45, 2.75) is 6.54 Å². The molecule has 0 saturated carbocycles. The largest absolute Gasteiger partial charge is 0.378 e.